The molecular formula is C28H36NO26S5. The Labute approximate surface area is 342 Å². The summed E-state index contributed by atoms with van der Waals surface area (Å²) in [5, 5.41) is 2.10. The molecule has 0 aliphatic carbocycles. The lowest BCUT2D eigenvalue weighted by Crippen LogP contribution is -2.67. The third-order valence-electron chi connectivity index (χ3n) is 7.70. The first-order valence-electron chi connectivity index (χ1n) is 16.3. The van der Waals surface area contributed by atoms with Crippen molar-refractivity contribution in [1.29, 1.82) is 0 Å². The third-order valence-corrected chi connectivity index (χ3v) is 9.97. The Morgan fingerprint density at radius 3 is 1.50 bits per heavy atom. The van der Waals surface area contributed by atoms with Crippen LogP contribution in [0.2, 0.25) is 0 Å². The van der Waals surface area contributed by atoms with E-state index in [2.05, 4.69) is 26.2 Å². The standard InChI is InChI=1S/C28H36NO26S5/c30-22(16-46-19-11-23(47-12-17-7-3-1-4-8-17)51-20(14-49-56(31,32)33)25(19)53-58(37,38)39)29-24-27(55-60(43,44)45)26(54-59(40,41)42)21(15-50-57(34,35)36)52-28(24)48-13-18-9-5-2-6-10-18/h1-11,19-21,23-28H,12-16H2,(H,29,30)(H,31,32,33)(H,34,35,36)(H,37,38,39)(H,40,41,42)(H,43,44,45)/t19-,20-,21-,23+,24+,25+,26-,27-,28+/m1/s1. The molecule has 0 unspecified atom stereocenters. The van der Waals surface area contributed by atoms with Gasteiger partial charge in [-0.2, -0.15) is 42.1 Å². The number of carbonyl (C=O) groups is 1. The average Bonchev–Trinajstić information content (AvgIpc) is 3.12. The molecule has 6 N–H and O–H groups in total. The van der Waals surface area contributed by atoms with Crippen LogP contribution >= 0.6 is 0 Å². The van der Waals surface area contributed by atoms with Gasteiger partial charge in [-0.1, -0.05) is 60.7 Å². The molecule has 2 aliphatic rings. The van der Waals surface area contributed by atoms with Crippen LogP contribution in [-0.4, -0.2) is 146 Å². The summed E-state index contributed by atoms with van der Waals surface area (Å²) in [5.41, 5.74) is 0.956. The fourth-order valence-electron chi connectivity index (χ4n) is 5.46. The second kappa shape index (κ2) is 21.0. The number of hydrogen-bond donors (Lipinski definition) is 6. The van der Waals surface area contributed by atoms with Crippen LogP contribution < -0.4 is 5.32 Å². The van der Waals surface area contributed by atoms with Gasteiger partial charge in [-0.15, -0.1) is 0 Å². The summed E-state index contributed by atoms with van der Waals surface area (Å²) in [6.07, 6.45) is -15.8. The first kappa shape index (κ1) is 49.7. The van der Waals surface area contributed by atoms with Gasteiger partial charge in [-0.3, -0.25) is 27.6 Å². The molecule has 0 saturated carbocycles. The molecule has 32 heteroatoms. The lowest BCUT2D eigenvalue weighted by atomic mass is 9.97. The van der Waals surface area contributed by atoms with Crippen molar-refractivity contribution in [1.82, 2.24) is 5.32 Å². The predicted molar refractivity (Wildman–Crippen MR) is 190 cm³/mol. The zero-order chi connectivity index (χ0) is 44.5. The maximum Gasteiger partial charge on any atom is 0.397 e. The van der Waals surface area contributed by atoms with E-state index in [0.29, 0.717) is 11.1 Å². The molecule has 2 saturated heterocycles. The highest BCUT2D eigenvalue weighted by atomic mass is 32.3. The fraction of sp³-hybridized carbons (Fsp3) is 0.500. The minimum absolute atomic E-state index is 0.199. The van der Waals surface area contributed by atoms with Crippen molar-refractivity contribution in [3.8, 4) is 0 Å². The summed E-state index contributed by atoms with van der Waals surface area (Å²) in [7, 11) is -27.4. The Morgan fingerprint density at radius 2 is 1.02 bits per heavy atom. The molecule has 1 amide bonds. The monoisotopic (exact) mass is 962 g/mol. The van der Waals surface area contributed by atoms with Crippen molar-refractivity contribution in [2.75, 3.05) is 19.8 Å². The maximum atomic E-state index is 13.6. The highest BCUT2D eigenvalue weighted by Crippen LogP contribution is 2.31. The molecule has 60 heavy (non-hydrogen) atoms. The number of amides is 1. The molecule has 2 heterocycles. The maximum absolute atomic E-state index is 13.6. The molecule has 0 bridgehead atoms. The van der Waals surface area contributed by atoms with E-state index in [0.717, 1.165) is 6.42 Å². The normalized spacial score (nSPS) is 27.0. The van der Waals surface area contributed by atoms with Gasteiger partial charge in [0.05, 0.1) is 32.5 Å². The number of carbonyl (C=O) groups excluding carboxylic acids is 1. The summed E-state index contributed by atoms with van der Waals surface area (Å²) < 4.78 is 214. The van der Waals surface area contributed by atoms with Crippen LogP contribution in [0.1, 0.15) is 11.1 Å². The zero-order valence-electron chi connectivity index (χ0n) is 29.9. The van der Waals surface area contributed by atoms with E-state index >= 15 is 0 Å². The van der Waals surface area contributed by atoms with E-state index in [-0.39, 0.29) is 6.61 Å². The van der Waals surface area contributed by atoms with Gasteiger partial charge in [-0.25, -0.2) is 20.9 Å². The summed E-state index contributed by atoms with van der Waals surface area (Å²) in [4.78, 5) is 13.6. The quantitative estimate of drug-likeness (QED) is 0.0705. The largest absolute Gasteiger partial charge is 0.397 e. The van der Waals surface area contributed by atoms with E-state index in [4.69, 9.17) is 32.8 Å². The van der Waals surface area contributed by atoms with E-state index in [1.165, 1.54) is 12.1 Å². The van der Waals surface area contributed by atoms with Crippen LogP contribution in [0.3, 0.4) is 0 Å². The molecule has 2 fully saturated rings. The Bertz CT molecular complexity index is 2280. The van der Waals surface area contributed by atoms with Crippen LogP contribution in [0.5, 0.6) is 0 Å². The van der Waals surface area contributed by atoms with E-state index in [1.54, 1.807) is 48.5 Å². The van der Waals surface area contributed by atoms with Crippen LogP contribution in [-0.2, 0) is 115 Å². The van der Waals surface area contributed by atoms with Crippen LogP contribution in [0.15, 0.2) is 60.7 Å². The number of ether oxygens (including phenoxy) is 5. The van der Waals surface area contributed by atoms with Gasteiger partial charge in [-0.05, 0) is 11.1 Å². The lowest BCUT2D eigenvalue weighted by molar-refractivity contribution is -0.264. The SMILES string of the molecule is O=C(CO[C@@H]1[CH][C@@H](OCc2ccccc2)O[C@H](COS(=O)(=O)O)[C@H]1OS(=O)(=O)O)N[C@@H]1[C@@H](OCc2ccccc2)O[C@H](COS(=O)(=O)O)[C@@H](OS(=O)(=O)O)[C@@H]1OS(=O)(=O)O. The molecule has 9 atom stereocenters. The number of nitrogens with one attached hydrogen (secondary N) is 1. The molecule has 2 aliphatic heterocycles. The fourth-order valence-corrected chi connectivity index (χ4v) is 7.61. The molecule has 1 radical (unpaired) electrons. The van der Waals surface area contributed by atoms with Crippen LogP contribution in [0, 0.1) is 6.42 Å². The van der Waals surface area contributed by atoms with Crippen molar-refractivity contribution in [2.24, 2.45) is 0 Å². The topological polar surface area (TPSA) is 393 Å². The Morgan fingerprint density at radius 1 is 0.567 bits per heavy atom. The summed E-state index contributed by atoms with van der Waals surface area (Å²) in [5.74, 6) is -1.38. The number of rotatable bonds is 22. The molecule has 2 aromatic rings. The van der Waals surface area contributed by atoms with Crippen molar-refractivity contribution in [3.05, 3.63) is 78.2 Å². The van der Waals surface area contributed by atoms with Gasteiger partial charge >= 0.3 is 52.0 Å². The molecule has 339 valence electrons. The minimum atomic E-state index is -5.71. The second-order valence-corrected chi connectivity index (χ2v) is 17.5. The molecule has 27 nitrogen and oxygen atoms in total. The molecule has 4 rings (SSSR count). The first-order chi connectivity index (χ1) is 27.7. The average molecular weight is 963 g/mol. The predicted octanol–water partition coefficient (Wildman–Crippen LogP) is -1.85. The molecule has 0 spiro atoms. The lowest BCUT2D eigenvalue weighted by Gasteiger charge is -2.44. The molecular weight excluding hydrogens is 927 g/mol. The Kier molecular flexibility index (Phi) is 17.4. The highest BCUT2D eigenvalue weighted by Gasteiger charge is 2.53. The van der Waals surface area contributed by atoms with Gasteiger partial charge in [0.2, 0.25) is 5.91 Å². The van der Waals surface area contributed by atoms with E-state index in [1.807, 2.05) is 0 Å². The Balaban J connectivity index is 1.66. The van der Waals surface area contributed by atoms with Crippen LogP contribution in [0.25, 0.3) is 0 Å². The Hall–Kier alpha value is -2.94. The molecule has 0 aromatic heterocycles. The zero-order valence-corrected chi connectivity index (χ0v) is 34.0. The first-order valence-corrected chi connectivity index (χ1v) is 23.1. The minimum Gasteiger partial charge on any atom is -0.365 e. The number of hydrogen-bond acceptors (Lipinski definition) is 21. The summed E-state index contributed by atoms with van der Waals surface area (Å²) in [6, 6.07) is 13.8. The van der Waals surface area contributed by atoms with Crippen molar-refractivity contribution < 1.29 is 114 Å². The smallest absolute Gasteiger partial charge is 0.365 e. The van der Waals surface area contributed by atoms with Crippen molar-refractivity contribution in [3.63, 3.8) is 0 Å². The van der Waals surface area contributed by atoms with Gasteiger partial charge in [0.25, 0.3) is 0 Å². The van der Waals surface area contributed by atoms with Gasteiger partial charge in [0.15, 0.2) is 12.6 Å². The van der Waals surface area contributed by atoms with Crippen molar-refractivity contribution in [2.45, 2.75) is 68.5 Å². The summed E-state index contributed by atoms with van der Waals surface area (Å²) >= 11 is 0. The van der Waals surface area contributed by atoms with Gasteiger partial charge in [0.1, 0.15) is 43.2 Å². The second-order valence-electron chi connectivity index (χ2n) is 12.1. The molecule has 2 aromatic carbocycles. The summed E-state index contributed by atoms with van der Waals surface area (Å²) in [6.45, 7) is -4.51. The van der Waals surface area contributed by atoms with E-state index in [9.17, 15) is 60.5 Å². The number of benzene rings is 2. The third kappa shape index (κ3) is 17.8. The van der Waals surface area contributed by atoms with Gasteiger partial charge < -0.3 is 29.0 Å². The van der Waals surface area contributed by atoms with Gasteiger partial charge in [0, 0.05) is 6.42 Å². The van der Waals surface area contributed by atoms with Crippen molar-refractivity contribution >= 4 is 57.9 Å². The highest BCUT2D eigenvalue weighted by molar-refractivity contribution is 7.81. The van der Waals surface area contributed by atoms with E-state index < -0.39 is 140 Å². The van der Waals surface area contributed by atoms with Crippen LogP contribution in [0.4, 0.5) is 0 Å².